The predicted molar refractivity (Wildman–Crippen MR) is 63.4 cm³/mol. The second-order valence-electron chi connectivity index (χ2n) is 6.55. The first-order valence-corrected chi connectivity index (χ1v) is 6.58. The van der Waals surface area contributed by atoms with Gasteiger partial charge in [0.2, 0.25) is 0 Å². The van der Waals surface area contributed by atoms with Gasteiger partial charge in [0, 0.05) is 5.57 Å². The van der Waals surface area contributed by atoms with E-state index in [1.807, 2.05) is 0 Å². The van der Waals surface area contributed by atoms with Crippen LogP contribution in [0, 0.1) is 23.2 Å². The van der Waals surface area contributed by atoms with Crippen LogP contribution < -0.4 is 0 Å². The maximum atomic E-state index is 10.9. The Morgan fingerprint density at radius 3 is 2.35 bits per heavy atom. The van der Waals surface area contributed by atoms with E-state index in [1.54, 1.807) is 0 Å². The van der Waals surface area contributed by atoms with Gasteiger partial charge in [0.05, 0.1) is 6.10 Å². The molecule has 94 valence electrons. The summed E-state index contributed by atoms with van der Waals surface area (Å²) in [5.74, 6) is 0.699. The average molecular weight is 236 g/mol. The molecule has 0 radical (unpaired) electrons. The van der Waals surface area contributed by atoms with Crippen LogP contribution in [0.5, 0.6) is 0 Å². The molecule has 2 unspecified atom stereocenters. The van der Waals surface area contributed by atoms with Crippen molar-refractivity contribution in [2.75, 3.05) is 0 Å². The van der Waals surface area contributed by atoms with Crippen LogP contribution in [0.4, 0.5) is 0 Å². The molecule has 0 aromatic heterocycles. The van der Waals surface area contributed by atoms with E-state index in [-0.39, 0.29) is 11.5 Å². The van der Waals surface area contributed by atoms with Crippen molar-refractivity contribution in [1.82, 2.24) is 0 Å². The molecular formula is C14H20O3. The minimum atomic E-state index is -0.860. The van der Waals surface area contributed by atoms with E-state index in [1.165, 1.54) is 0 Å². The third-order valence-electron chi connectivity index (χ3n) is 5.24. The van der Waals surface area contributed by atoms with Crippen LogP contribution in [-0.4, -0.2) is 22.3 Å². The highest BCUT2D eigenvalue weighted by Crippen LogP contribution is 2.61. The lowest BCUT2D eigenvalue weighted by atomic mass is 9.47. The largest absolute Gasteiger partial charge is 0.478 e. The summed E-state index contributed by atoms with van der Waals surface area (Å²) in [6.07, 6.45) is 5.97. The molecule has 17 heavy (non-hydrogen) atoms. The van der Waals surface area contributed by atoms with Crippen molar-refractivity contribution < 1.29 is 15.0 Å². The summed E-state index contributed by atoms with van der Waals surface area (Å²) in [7, 11) is 0. The zero-order valence-corrected chi connectivity index (χ0v) is 10.1. The lowest BCUT2D eigenvalue weighted by Gasteiger charge is -2.59. The highest BCUT2D eigenvalue weighted by molar-refractivity contribution is 5.85. The molecule has 0 aliphatic heterocycles. The fourth-order valence-corrected chi connectivity index (χ4v) is 4.91. The monoisotopic (exact) mass is 236 g/mol. The molecule has 3 heteroatoms. The van der Waals surface area contributed by atoms with Gasteiger partial charge in [-0.1, -0.05) is 6.58 Å². The van der Waals surface area contributed by atoms with Crippen molar-refractivity contribution in [2.45, 2.75) is 44.6 Å². The van der Waals surface area contributed by atoms with Crippen LogP contribution in [0.25, 0.3) is 0 Å². The molecule has 0 saturated heterocycles. The van der Waals surface area contributed by atoms with Crippen LogP contribution >= 0.6 is 0 Å². The molecule has 4 bridgehead atoms. The number of rotatable bonds is 3. The minimum Gasteiger partial charge on any atom is -0.478 e. The second-order valence-corrected chi connectivity index (χ2v) is 6.55. The van der Waals surface area contributed by atoms with Crippen molar-refractivity contribution >= 4 is 5.97 Å². The lowest BCUT2D eigenvalue weighted by Crippen LogP contribution is -2.53. The topological polar surface area (TPSA) is 57.5 Å². The van der Waals surface area contributed by atoms with E-state index < -0.39 is 5.97 Å². The number of hydrogen-bond donors (Lipinski definition) is 2. The first-order chi connectivity index (χ1) is 7.99. The molecule has 0 spiro atoms. The average Bonchev–Trinajstić information content (AvgIpc) is 2.23. The summed E-state index contributed by atoms with van der Waals surface area (Å²) >= 11 is 0. The quantitative estimate of drug-likeness (QED) is 0.739. The highest BCUT2D eigenvalue weighted by Gasteiger charge is 2.54. The number of hydrogen-bond acceptors (Lipinski definition) is 2. The Bertz CT molecular complexity index is 358. The van der Waals surface area contributed by atoms with Gasteiger partial charge in [-0.15, -0.1) is 0 Å². The van der Waals surface area contributed by atoms with Crippen molar-refractivity contribution in [3.63, 3.8) is 0 Å². The van der Waals surface area contributed by atoms with E-state index in [4.69, 9.17) is 5.11 Å². The van der Waals surface area contributed by atoms with Gasteiger partial charge in [-0.25, -0.2) is 4.79 Å². The van der Waals surface area contributed by atoms with Crippen molar-refractivity contribution in [3.8, 4) is 0 Å². The first-order valence-electron chi connectivity index (χ1n) is 6.58. The predicted octanol–water partition coefficient (Wildman–Crippen LogP) is 2.20. The Morgan fingerprint density at radius 2 is 1.82 bits per heavy atom. The zero-order valence-electron chi connectivity index (χ0n) is 10.1. The molecule has 0 aromatic carbocycles. The van der Waals surface area contributed by atoms with Gasteiger partial charge < -0.3 is 10.2 Å². The number of aliphatic carboxylic acids is 1. The Balaban J connectivity index is 1.80. The maximum Gasteiger partial charge on any atom is 0.330 e. The Labute approximate surface area is 102 Å². The van der Waals surface area contributed by atoms with E-state index in [2.05, 4.69) is 6.58 Å². The van der Waals surface area contributed by atoms with Crippen molar-refractivity contribution in [1.29, 1.82) is 0 Å². The van der Waals surface area contributed by atoms with Crippen LogP contribution in [0.3, 0.4) is 0 Å². The Hall–Kier alpha value is -0.830. The Morgan fingerprint density at radius 1 is 1.24 bits per heavy atom. The summed E-state index contributed by atoms with van der Waals surface area (Å²) in [6.45, 7) is 3.69. The molecule has 4 saturated carbocycles. The van der Waals surface area contributed by atoms with E-state index in [0.717, 1.165) is 38.0 Å². The minimum absolute atomic E-state index is 0.127. The fraction of sp³-hybridized carbons (Fsp3) is 0.786. The van der Waals surface area contributed by atoms with E-state index in [9.17, 15) is 9.90 Å². The number of carboxylic acids is 1. The second kappa shape index (κ2) is 3.58. The normalized spacial score (nSPS) is 47.1. The van der Waals surface area contributed by atoms with Crippen LogP contribution in [0.1, 0.15) is 38.5 Å². The van der Waals surface area contributed by atoms with Gasteiger partial charge in [0.1, 0.15) is 0 Å². The summed E-state index contributed by atoms with van der Waals surface area (Å²) in [6, 6.07) is 0. The molecule has 0 heterocycles. The van der Waals surface area contributed by atoms with Crippen LogP contribution in [0.2, 0.25) is 0 Å². The third-order valence-corrected chi connectivity index (χ3v) is 5.24. The van der Waals surface area contributed by atoms with Gasteiger partial charge in [-0.05, 0) is 61.7 Å². The highest BCUT2D eigenvalue weighted by atomic mass is 16.4. The van der Waals surface area contributed by atoms with E-state index in [0.29, 0.717) is 23.8 Å². The number of aliphatic hydroxyl groups is 1. The molecule has 2 atom stereocenters. The lowest BCUT2D eigenvalue weighted by molar-refractivity contribution is -0.140. The number of carboxylic acid groups (broad SMARTS) is 1. The molecule has 0 amide bonds. The molecule has 4 fully saturated rings. The van der Waals surface area contributed by atoms with Crippen molar-refractivity contribution in [3.05, 3.63) is 12.2 Å². The summed E-state index contributed by atoms with van der Waals surface area (Å²) < 4.78 is 0. The van der Waals surface area contributed by atoms with Crippen LogP contribution in [-0.2, 0) is 4.79 Å². The number of carbonyl (C=O) groups is 1. The molecule has 3 nitrogen and oxygen atoms in total. The third kappa shape index (κ3) is 1.71. The summed E-state index contributed by atoms with van der Waals surface area (Å²) in [5.41, 5.74) is 0.493. The molecular weight excluding hydrogens is 216 g/mol. The van der Waals surface area contributed by atoms with Gasteiger partial charge in [-0.3, -0.25) is 0 Å². The molecule has 4 aliphatic rings. The van der Waals surface area contributed by atoms with Gasteiger partial charge in [-0.2, -0.15) is 0 Å². The van der Waals surface area contributed by atoms with Crippen LogP contribution in [0.15, 0.2) is 12.2 Å². The fourth-order valence-electron chi connectivity index (χ4n) is 4.91. The standard InChI is InChI=1S/C14H20O3/c1-8(13(16)17)4-14-5-9-2-10(6-14)12(15)11(3-9)7-14/h9-12,15H,1-7H2,(H,16,17). The molecule has 4 rings (SSSR count). The smallest absolute Gasteiger partial charge is 0.330 e. The van der Waals surface area contributed by atoms with Gasteiger partial charge in [0.15, 0.2) is 0 Å². The summed E-state index contributed by atoms with van der Waals surface area (Å²) in [4.78, 5) is 10.9. The zero-order chi connectivity index (χ0) is 12.2. The van der Waals surface area contributed by atoms with Crippen molar-refractivity contribution in [2.24, 2.45) is 23.2 Å². The van der Waals surface area contributed by atoms with Gasteiger partial charge >= 0.3 is 5.97 Å². The first kappa shape index (κ1) is 11.3. The Kier molecular flexibility index (Phi) is 2.37. The SMILES string of the molecule is C=C(CC12CC3CC(C1)C(O)C(C3)C2)C(=O)O. The molecule has 2 N–H and O–H groups in total. The van der Waals surface area contributed by atoms with E-state index >= 15 is 0 Å². The maximum absolute atomic E-state index is 10.9. The molecule has 0 aromatic rings. The molecule has 4 aliphatic carbocycles. The number of aliphatic hydroxyl groups excluding tert-OH is 1. The van der Waals surface area contributed by atoms with Gasteiger partial charge in [0.25, 0.3) is 0 Å². The summed E-state index contributed by atoms with van der Waals surface area (Å²) in [5, 5.41) is 19.1.